The second-order valence-electron chi connectivity index (χ2n) is 4.23. The molecule has 0 saturated heterocycles. The maximum atomic E-state index is 5.58. The van der Waals surface area contributed by atoms with Crippen molar-refractivity contribution >= 4 is 11.0 Å². The van der Waals surface area contributed by atoms with Crippen molar-refractivity contribution in [1.82, 2.24) is 4.98 Å². The van der Waals surface area contributed by atoms with Gasteiger partial charge in [0.25, 0.3) is 0 Å². The molecular formula is C15H13NO. The van der Waals surface area contributed by atoms with Gasteiger partial charge in [0.1, 0.15) is 5.76 Å². The van der Waals surface area contributed by atoms with Crippen LogP contribution in [0.3, 0.4) is 0 Å². The van der Waals surface area contributed by atoms with Gasteiger partial charge in [-0.2, -0.15) is 0 Å². The predicted octanol–water partition coefficient (Wildman–Crippen LogP) is 3.73. The van der Waals surface area contributed by atoms with E-state index in [1.54, 1.807) is 6.20 Å². The summed E-state index contributed by atoms with van der Waals surface area (Å²) >= 11 is 0. The van der Waals surface area contributed by atoms with Crippen molar-refractivity contribution in [2.24, 2.45) is 0 Å². The van der Waals surface area contributed by atoms with Crippen LogP contribution in [0.4, 0.5) is 0 Å². The van der Waals surface area contributed by atoms with Gasteiger partial charge in [-0.3, -0.25) is 4.98 Å². The number of fused-ring (bicyclic) bond motifs is 1. The van der Waals surface area contributed by atoms with Crippen molar-refractivity contribution < 1.29 is 4.42 Å². The number of hydrogen-bond acceptors (Lipinski definition) is 2. The predicted molar refractivity (Wildman–Crippen MR) is 68.0 cm³/mol. The van der Waals surface area contributed by atoms with Crippen LogP contribution in [0.2, 0.25) is 0 Å². The Bertz CT molecular complexity index is 640. The minimum absolute atomic E-state index is 0.871. The lowest BCUT2D eigenvalue weighted by atomic mass is 10.0. The molecule has 2 heteroatoms. The molecule has 0 amide bonds. The second-order valence-corrected chi connectivity index (χ2v) is 4.23. The van der Waals surface area contributed by atoms with Crippen LogP contribution in [-0.2, 0) is 6.42 Å². The Morgan fingerprint density at radius 2 is 1.94 bits per heavy atom. The molecule has 0 bridgehead atoms. The van der Waals surface area contributed by atoms with E-state index in [9.17, 15) is 0 Å². The molecule has 0 saturated carbocycles. The molecule has 0 aliphatic carbocycles. The average molecular weight is 223 g/mol. The highest BCUT2D eigenvalue weighted by atomic mass is 16.3. The summed E-state index contributed by atoms with van der Waals surface area (Å²) in [6.07, 6.45) is 4.59. The van der Waals surface area contributed by atoms with E-state index in [-0.39, 0.29) is 0 Å². The Morgan fingerprint density at radius 1 is 1.12 bits per heavy atom. The van der Waals surface area contributed by atoms with E-state index < -0.39 is 0 Å². The molecule has 0 N–H and O–H groups in total. The van der Waals surface area contributed by atoms with Crippen molar-refractivity contribution in [3.8, 4) is 0 Å². The molecule has 0 radical (unpaired) electrons. The third-order valence-corrected chi connectivity index (χ3v) is 2.89. The van der Waals surface area contributed by atoms with Gasteiger partial charge in [0, 0.05) is 11.6 Å². The van der Waals surface area contributed by atoms with Gasteiger partial charge in [-0.05, 0) is 30.5 Å². The summed E-state index contributed by atoms with van der Waals surface area (Å²) in [5, 5.41) is 1.17. The Morgan fingerprint density at radius 3 is 2.76 bits per heavy atom. The Kier molecular flexibility index (Phi) is 2.41. The summed E-state index contributed by atoms with van der Waals surface area (Å²) in [7, 11) is 0. The maximum Gasteiger partial charge on any atom is 0.152 e. The molecule has 0 fully saturated rings. The molecule has 0 aliphatic rings. The lowest BCUT2D eigenvalue weighted by Gasteiger charge is -2.02. The highest BCUT2D eigenvalue weighted by Gasteiger charge is 2.06. The first-order valence-corrected chi connectivity index (χ1v) is 5.70. The van der Waals surface area contributed by atoms with Crippen molar-refractivity contribution in [2.45, 2.75) is 13.3 Å². The Balaban J connectivity index is 2.06. The van der Waals surface area contributed by atoms with Crippen LogP contribution in [0.1, 0.15) is 16.9 Å². The summed E-state index contributed by atoms with van der Waals surface area (Å²) < 4.78 is 5.58. The van der Waals surface area contributed by atoms with Crippen LogP contribution in [-0.4, -0.2) is 4.98 Å². The van der Waals surface area contributed by atoms with Crippen molar-refractivity contribution in [1.29, 1.82) is 0 Å². The third-order valence-electron chi connectivity index (χ3n) is 2.89. The lowest BCUT2D eigenvalue weighted by Crippen LogP contribution is -1.89. The maximum absolute atomic E-state index is 5.58. The van der Waals surface area contributed by atoms with E-state index in [4.69, 9.17) is 4.42 Å². The molecule has 3 aromatic rings. The van der Waals surface area contributed by atoms with Crippen LogP contribution in [0, 0.1) is 6.92 Å². The minimum Gasteiger partial charge on any atom is -0.460 e. The zero-order valence-electron chi connectivity index (χ0n) is 9.68. The normalized spacial score (nSPS) is 10.9. The molecule has 84 valence electrons. The van der Waals surface area contributed by atoms with Crippen LogP contribution >= 0.6 is 0 Å². The highest BCUT2D eigenvalue weighted by molar-refractivity contribution is 5.80. The summed E-state index contributed by atoms with van der Waals surface area (Å²) in [5.41, 5.74) is 3.38. The first-order chi connectivity index (χ1) is 8.33. The number of pyridine rings is 1. The number of furan rings is 1. The number of hydrogen-bond donors (Lipinski definition) is 0. The van der Waals surface area contributed by atoms with Crippen LogP contribution < -0.4 is 0 Å². The molecule has 17 heavy (non-hydrogen) atoms. The van der Waals surface area contributed by atoms with Gasteiger partial charge in [-0.1, -0.05) is 30.3 Å². The highest BCUT2D eigenvalue weighted by Crippen LogP contribution is 2.23. The topological polar surface area (TPSA) is 26.0 Å². The van der Waals surface area contributed by atoms with Crippen LogP contribution in [0.15, 0.2) is 53.2 Å². The first kappa shape index (κ1) is 10.1. The number of benzene rings is 1. The van der Waals surface area contributed by atoms with Gasteiger partial charge in [0.2, 0.25) is 0 Å². The van der Waals surface area contributed by atoms with E-state index in [0.717, 1.165) is 17.8 Å². The van der Waals surface area contributed by atoms with Crippen molar-refractivity contribution in [3.63, 3.8) is 0 Å². The van der Waals surface area contributed by atoms with Gasteiger partial charge in [-0.25, -0.2) is 0 Å². The monoisotopic (exact) mass is 223 g/mol. The Hall–Kier alpha value is -2.09. The van der Waals surface area contributed by atoms with Gasteiger partial charge in [0.05, 0.1) is 6.20 Å². The fraction of sp³-hybridized carbons (Fsp3) is 0.133. The molecule has 0 aliphatic heterocycles. The van der Waals surface area contributed by atoms with Crippen molar-refractivity contribution in [2.75, 3.05) is 0 Å². The molecule has 0 spiro atoms. The SMILES string of the molecule is Cc1cc2c(Cc3ccccc3)cncc2o1. The summed E-state index contributed by atoms with van der Waals surface area (Å²) in [4.78, 5) is 4.23. The van der Waals surface area contributed by atoms with E-state index in [1.165, 1.54) is 16.5 Å². The average Bonchev–Trinajstić information content (AvgIpc) is 2.72. The molecule has 1 aromatic carbocycles. The number of nitrogens with zero attached hydrogens (tertiary/aromatic N) is 1. The Labute approximate surface area is 99.9 Å². The van der Waals surface area contributed by atoms with E-state index >= 15 is 0 Å². The fourth-order valence-corrected chi connectivity index (χ4v) is 2.10. The fourth-order valence-electron chi connectivity index (χ4n) is 2.10. The van der Waals surface area contributed by atoms with Gasteiger partial charge in [0.15, 0.2) is 5.58 Å². The summed E-state index contributed by atoms with van der Waals surface area (Å²) in [6, 6.07) is 12.5. The molecule has 2 aromatic heterocycles. The zero-order valence-corrected chi connectivity index (χ0v) is 9.68. The number of aromatic nitrogens is 1. The molecule has 0 atom stereocenters. The van der Waals surface area contributed by atoms with E-state index in [0.29, 0.717) is 0 Å². The number of rotatable bonds is 2. The first-order valence-electron chi connectivity index (χ1n) is 5.70. The molecule has 3 rings (SSSR count). The van der Waals surface area contributed by atoms with Crippen molar-refractivity contribution in [3.05, 3.63) is 65.7 Å². The van der Waals surface area contributed by atoms with Crippen LogP contribution in [0.5, 0.6) is 0 Å². The molecule has 0 unspecified atom stereocenters. The van der Waals surface area contributed by atoms with Gasteiger partial charge in [-0.15, -0.1) is 0 Å². The van der Waals surface area contributed by atoms with E-state index in [2.05, 4.69) is 35.3 Å². The zero-order chi connectivity index (χ0) is 11.7. The van der Waals surface area contributed by atoms with E-state index in [1.807, 2.05) is 19.2 Å². The standard InChI is InChI=1S/C15H13NO/c1-11-7-14-13(9-16-10-15(14)17-11)8-12-5-3-2-4-6-12/h2-7,9-10H,8H2,1H3. The summed E-state index contributed by atoms with van der Waals surface area (Å²) in [5.74, 6) is 0.933. The van der Waals surface area contributed by atoms with Gasteiger partial charge >= 0.3 is 0 Å². The molecule has 2 nitrogen and oxygen atoms in total. The third kappa shape index (κ3) is 1.94. The quantitative estimate of drug-likeness (QED) is 0.661. The summed E-state index contributed by atoms with van der Waals surface area (Å²) in [6.45, 7) is 1.96. The molecular weight excluding hydrogens is 210 g/mol. The van der Waals surface area contributed by atoms with Gasteiger partial charge < -0.3 is 4.42 Å². The van der Waals surface area contributed by atoms with Crippen LogP contribution in [0.25, 0.3) is 11.0 Å². The number of aryl methyl sites for hydroxylation is 1. The molecule has 2 heterocycles. The second kappa shape index (κ2) is 4.06. The smallest absolute Gasteiger partial charge is 0.152 e. The lowest BCUT2D eigenvalue weighted by molar-refractivity contribution is 0.577. The largest absolute Gasteiger partial charge is 0.460 e. The minimum atomic E-state index is 0.871.